The summed E-state index contributed by atoms with van der Waals surface area (Å²) >= 11 is 0. The minimum Gasteiger partial charge on any atom is -0.355 e. The lowest BCUT2D eigenvalue weighted by atomic mass is 10.0. The van der Waals surface area contributed by atoms with E-state index in [-0.39, 0.29) is 35.8 Å². The average molecular weight is 338 g/mol. The molecular weight excluding hydrogens is 316 g/mol. The van der Waals surface area contributed by atoms with Gasteiger partial charge >= 0.3 is 0 Å². The van der Waals surface area contributed by atoms with E-state index in [4.69, 9.17) is 0 Å². The zero-order valence-corrected chi connectivity index (χ0v) is 13.8. The molecule has 2 rings (SSSR count). The molecule has 0 bridgehead atoms. The van der Waals surface area contributed by atoms with Gasteiger partial charge < -0.3 is 10.6 Å². The number of nitrogens with one attached hydrogen (secondary N) is 2. The Morgan fingerprint density at radius 3 is 2.52 bits per heavy atom. The van der Waals surface area contributed by atoms with Crippen molar-refractivity contribution in [2.45, 2.75) is 19.3 Å². The molecule has 1 heterocycles. The van der Waals surface area contributed by atoms with Crippen LogP contribution in [0.25, 0.3) is 0 Å². The topological polar surface area (TPSA) is 92.3 Å². The molecule has 1 fully saturated rings. The van der Waals surface area contributed by atoms with Gasteiger partial charge in [-0.05, 0) is 37.3 Å². The highest BCUT2D eigenvalue weighted by Gasteiger charge is 2.27. The van der Waals surface area contributed by atoms with Crippen LogP contribution in [-0.2, 0) is 14.6 Å². The van der Waals surface area contributed by atoms with E-state index in [9.17, 15) is 18.0 Å². The molecule has 0 aromatic heterocycles. The van der Waals surface area contributed by atoms with Crippen molar-refractivity contribution in [2.75, 3.05) is 24.6 Å². The van der Waals surface area contributed by atoms with Crippen molar-refractivity contribution in [1.82, 2.24) is 10.6 Å². The van der Waals surface area contributed by atoms with Gasteiger partial charge in [0.2, 0.25) is 5.91 Å². The van der Waals surface area contributed by atoms with Crippen LogP contribution in [0.3, 0.4) is 0 Å². The Balaban J connectivity index is 1.58. The highest BCUT2D eigenvalue weighted by atomic mass is 32.2. The van der Waals surface area contributed by atoms with E-state index in [0.717, 1.165) is 19.3 Å². The number of carbonyl (C=O) groups excluding carboxylic acids is 2. The van der Waals surface area contributed by atoms with Crippen molar-refractivity contribution in [3.05, 3.63) is 35.9 Å². The monoisotopic (exact) mass is 338 g/mol. The van der Waals surface area contributed by atoms with Gasteiger partial charge in [-0.2, -0.15) is 0 Å². The van der Waals surface area contributed by atoms with Crippen molar-refractivity contribution in [3.63, 3.8) is 0 Å². The lowest BCUT2D eigenvalue weighted by molar-refractivity contribution is -0.120. The van der Waals surface area contributed by atoms with Crippen LogP contribution in [0.15, 0.2) is 30.3 Å². The lowest BCUT2D eigenvalue weighted by Gasteiger charge is -2.09. The molecule has 0 radical (unpaired) electrons. The summed E-state index contributed by atoms with van der Waals surface area (Å²) < 4.78 is 22.7. The smallest absolute Gasteiger partial charge is 0.251 e. The standard InChI is InChI=1S/C16H22N2O4S/c19-15(11-18-16(20)14-6-2-1-3-7-14)17-9-4-5-13-8-10-23(21,22)12-13/h1-3,6-7,13H,4-5,8-12H2,(H,17,19)(H,18,20). The Morgan fingerprint density at radius 1 is 1.13 bits per heavy atom. The molecule has 23 heavy (non-hydrogen) atoms. The molecule has 1 aromatic rings. The largest absolute Gasteiger partial charge is 0.355 e. The fourth-order valence-corrected chi connectivity index (χ4v) is 4.54. The second kappa shape index (κ2) is 8.10. The minimum atomic E-state index is -2.83. The SMILES string of the molecule is O=C(CNC(=O)c1ccccc1)NCCCC1CCS(=O)(=O)C1. The first-order chi connectivity index (χ1) is 11.0. The van der Waals surface area contributed by atoms with Gasteiger partial charge in [-0.15, -0.1) is 0 Å². The average Bonchev–Trinajstić information content (AvgIpc) is 2.89. The molecule has 0 spiro atoms. The molecule has 7 heteroatoms. The van der Waals surface area contributed by atoms with Crippen LogP contribution in [-0.4, -0.2) is 44.8 Å². The van der Waals surface area contributed by atoms with Crippen molar-refractivity contribution in [1.29, 1.82) is 0 Å². The molecule has 1 aliphatic heterocycles. The van der Waals surface area contributed by atoms with E-state index >= 15 is 0 Å². The summed E-state index contributed by atoms with van der Waals surface area (Å²) in [5, 5.41) is 5.29. The summed E-state index contributed by atoms with van der Waals surface area (Å²) in [6, 6.07) is 8.71. The van der Waals surface area contributed by atoms with Gasteiger partial charge in [0.25, 0.3) is 5.91 Å². The first kappa shape index (κ1) is 17.5. The fourth-order valence-electron chi connectivity index (χ4n) is 2.63. The fraction of sp³-hybridized carbons (Fsp3) is 0.500. The van der Waals surface area contributed by atoms with Crippen LogP contribution < -0.4 is 10.6 Å². The molecule has 2 amide bonds. The molecule has 1 unspecified atom stereocenters. The summed E-state index contributed by atoms with van der Waals surface area (Å²) in [4.78, 5) is 23.4. The predicted molar refractivity (Wildman–Crippen MR) is 87.8 cm³/mol. The number of hydrogen-bond donors (Lipinski definition) is 2. The van der Waals surface area contributed by atoms with Gasteiger partial charge in [0.05, 0.1) is 18.1 Å². The van der Waals surface area contributed by atoms with Crippen LogP contribution in [0.1, 0.15) is 29.6 Å². The van der Waals surface area contributed by atoms with Crippen LogP contribution >= 0.6 is 0 Å². The first-order valence-corrected chi connectivity index (χ1v) is 9.59. The lowest BCUT2D eigenvalue weighted by Crippen LogP contribution is -2.37. The molecule has 1 aromatic carbocycles. The number of sulfone groups is 1. The Labute approximate surface area is 136 Å². The summed E-state index contributed by atoms with van der Waals surface area (Å²) in [6.07, 6.45) is 2.28. The molecule has 1 aliphatic rings. The molecule has 0 aliphatic carbocycles. The second-order valence-electron chi connectivity index (χ2n) is 5.81. The molecule has 1 atom stereocenters. The third kappa shape index (κ3) is 6.02. The second-order valence-corrected chi connectivity index (χ2v) is 8.04. The summed E-state index contributed by atoms with van der Waals surface area (Å²) in [7, 11) is -2.83. The Morgan fingerprint density at radius 2 is 1.87 bits per heavy atom. The number of amides is 2. The summed E-state index contributed by atoms with van der Waals surface area (Å²) in [5.74, 6) is 0.254. The van der Waals surface area contributed by atoms with E-state index in [0.29, 0.717) is 12.1 Å². The maximum absolute atomic E-state index is 11.8. The highest BCUT2D eigenvalue weighted by Crippen LogP contribution is 2.22. The van der Waals surface area contributed by atoms with Crippen LogP contribution in [0, 0.1) is 5.92 Å². The Hall–Kier alpha value is -1.89. The number of carbonyl (C=O) groups is 2. The number of benzene rings is 1. The van der Waals surface area contributed by atoms with Gasteiger partial charge in [-0.25, -0.2) is 8.42 Å². The van der Waals surface area contributed by atoms with Crippen molar-refractivity contribution < 1.29 is 18.0 Å². The first-order valence-electron chi connectivity index (χ1n) is 7.77. The third-order valence-corrected chi connectivity index (χ3v) is 5.72. The van der Waals surface area contributed by atoms with Gasteiger partial charge in [-0.3, -0.25) is 9.59 Å². The Bertz CT molecular complexity index is 643. The van der Waals surface area contributed by atoms with Gasteiger partial charge in [-0.1, -0.05) is 18.2 Å². The summed E-state index contributed by atoms with van der Waals surface area (Å²) in [6.45, 7) is 0.433. The van der Waals surface area contributed by atoms with E-state index in [1.165, 1.54) is 0 Å². The van der Waals surface area contributed by atoms with Crippen LogP contribution in [0.2, 0.25) is 0 Å². The third-order valence-electron chi connectivity index (χ3n) is 3.88. The van der Waals surface area contributed by atoms with Gasteiger partial charge in [0, 0.05) is 12.1 Å². The predicted octanol–water partition coefficient (Wildman–Crippen LogP) is 0.747. The zero-order chi connectivity index (χ0) is 16.7. The molecule has 1 saturated heterocycles. The molecule has 6 nitrogen and oxygen atoms in total. The van der Waals surface area contributed by atoms with Crippen molar-refractivity contribution in [2.24, 2.45) is 5.92 Å². The minimum absolute atomic E-state index is 0.0640. The quantitative estimate of drug-likeness (QED) is 0.718. The van der Waals surface area contributed by atoms with E-state index in [2.05, 4.69) is 10.6 Å². The maximum Gasteiger partial charge on any atom is 0.251 e. The van der Waals surface area contributed by atoms with Gasteiger partial charge in [0.1, 0.15) is 0 Å². The number of rotatable bonds is 7. The maximum atomic E-state index is 11.8. The Kier molecular flexibility index (Phi) is 6.15. The van der Waals surface area contributed by atoms with E-state index in [1.807, 2.05) is 6.07 Å². The number of hydrogen-bond acceptors (Lipinski definition) is 4. The van der Waals surface area contributed by atoms with Crippen molar-refractivity contribution in [3.8, 4) is 0 Å². The van der Waals surface area contributed by atoms with E-state index in [1.54, 1.807) is 24.3 Å². The molecule has 0 saturated carbocycles. The summed E-state index contributed by atoms with van der Waals surface area (Å²) in [5.41, 5.74) is 0.516. The zero-order valence-electron chi connectivity index (χ0n) is 13.0. The van der Waals surface area contributed by atoms with Crippen molar-refractivity contribution >= 4 is 21.7 Å². The molecule has 2 N–H and O–H groups in total. The van der Waals surface area contributed by atoms with E-state index < -0.39 is 9.84 Å². The molecular formula is C16H22N2O4S. The van der Waals surface area contributed by atoms with Gasteiger partial charge in [0.15, 0.2) is 9.84 Å². The highest BCUT2D eigenvalue weighted by molar-refractivity contribution is 7.91. The van der Waals surface area contributed by atoms with Crippen LogP contribution in [0.4, 0.5) is 0 Å². The normalized spacial score (nSPS) is 19.2. The molecule has 126 valence electrons. The van der Waals surface area contributed by atoms with Crippen LogP contribution in [0.5, 0.6) is 0 Å².